The highest BCUT2D eigenvalue weighted by molar-refractivity contribution is 5.91. The Bertz CT molecular complexity index is 847. The van der Waals surface area contributed by atoms with Crippen LogP contribution in [0.5, 0.6) is 0 Å². The maximum atomic E-state index is 12.7. The van der Waals surface area contributed by atoms with Crippen LogP contribution in [0.3, 0.4) is 0 Å². The van der Waals surface area contributed by atoms with E-state index in [4.69, 9.17) is 5.26 Å². The van der Waals surface area contributed by atoms with Crippen molar-refractivity contribution in [2.24, 2.45) is 0 Å². The van der Waals surface area contributed by atoms with Gasteiger partial charge < -0.3 is 15.7 Å². The Labute approximate surface area is 163 Å². The van der Waals surface area contributed by atoms with Crippen molar-refractivity contribution in [1.29, 1.82) is 5.26 Å². The molecule has 2 rings (SSSR count). The molecule has 2 aromatic rings. The number of hydrogen-bond acceptors (Lipinski definition) is 4. The summed E-state index contributed by atoms with van der Waals surface area (Å²) in [6.45, 7) is 0. The molecule has 0 radical (unpaired) electrons. The molecule has 7 heteroatoms. The number of nitrogens with one attached hydrogen (secondary N) is 2. The molecule has 0 fully saturated rings. The maximum absolute atomic E-state index is 12.7. The number of aliphatic carboxylic acids is 1. The molecule has 0 bridgehead atoms. The average Bonchev–Trinajstić information content (AvgIpc) is 2.68. The van der Waals surface area contributed by atoms with Crippen molar-refractivity contribution in [3.05, 3.63) is 71.8 Å². The van der Waals surface area contributed by atoms with Gasteiger partial charge in [0.1, 0.15) is 18.5 Å². The molecular formula is C21H21N3O4. The summed E-state index contributed by atoms with van der Waals surface area (Å²) in [5, 5.41) is 23.2. The van der Waals surface area contributed by atoms with Gasteiger partial charge in [0.15, 0.2) is 0 Å². The quantitative estimate of drug-likeness (QED) is 0.609. The number of hydrogen-bond donors (Lipinski definition) is 3. The fourth-order valence-electron chi connectivity index (χ4n) is 2.70. The zero-order valence-corrected chi connectivity index (χ0v) is 15.2. The number of carbonyl (C=O) groups is 3. The van der Waals surface area contributed by atoms with E-state index < -0.39 is 29.9 Å². The number of benzene rings is 2. The van der Waals surface area contributed by atoms with Gasteiger partial charge in [-0.3, -0.25) is 9.59 Å². The molecule has 144 valence electrons. The van der Waals surface area contributed by atoms with Gasteiger partial charge in [-0.05, 0) is 11.1 Å². The molecule has 2 atom stereocenters. The summed E-state index contributed by atoms with van der Waals surface area (Å²) in [6.07, 6.45) is -0.0847. The molecule has 0 saturated heterocycles. The standard InChI is InChI=1S/C21H21N3O4/c22-12-11-19(25)23-17(13-15-7-3-1-4-8-15)20(26)24-18(21(27)28)14-16-9-5-2-6-10-16/h1-10,17-18H,11,13-14H2,(H,23,25)(H,24,26)(H,27,28)/t17-,18-/m0/s1. The second-order valence-corrected chi connectivity index (χ2v) is 6.23. The van der Waals surface area contributed by atoms with Crippen LogP contribution in [0, 0.1) is 11.3 Å². The lowest BCUT2D eigenvalue weighted by Gasteiger charge is -2.21. The van der Waals surface area contributed by atoms with E-state index in [0.717, 1.165) is 11.1 Å². The van der Waals surface area contributed by atoms with Gasteiger partial charge >= 0.3 is 5.97 Å². The van der Waals surface area contributed by atoms with Crippen molar-refractivity contribution in [1.82, 2.24) is 10.6 Å². The van der Waals surface area contributed by atoms with Crippen LogP contribution in [0.4, 0.5) is 0 Å². The van der Waals surface area contributed by atoms with Gasteiger partial charge in [-0.25, -0.2) is 4.79 Å². The first-order valence-electron chi connectivity index (χ1n) is 8.77. The zero-order chi connectivity index (χ0) is 20.4. The van der Waals surface area contributed by atoms with Crippen molar-refractivity contribution in [3.63, 3.8) is 0 Å². The Morgan fingerprint density at radius 1 is 0.857 bits per heavy atom. The molecule has 0 unspecified atom stereocenters. The molecule has 0 aliphatic rings. The summed E-state index contributed by atoms with van der Waals surface area (Å²) in [4.78, 5) is 36.1. The number of amides is 2. The van der Waals surface area contributed by atoms with E-state index in [1.165, 1.54) is 0 Å². The minimum atomic E-state index is -1.17. The van der Waals surface area contributed by atoms with Gasteiger partial charge in [0.2, 0.25) is 11.8 Å². The summed E-state index contributed by atoms with van der Waals surface area (Å²) in [7, 11) is 0. The number of carboxylic acids is 1. The summed E-state index contributed by atoms with van der Waals surface area (Å²) < 4.78 is 0. The number of rotatable bonds is 9. The second kappa shape index (κ2) is 10.5. The Kier molecular flexibility index (Phi) is 7.73. The first kappa shape index (κ1) is 20.6. The minimum Gasteiger partial charge on any atom is -0.480 e. The monoisotopic (exact) mass is 379 g/mol. The smallest absolute Gasteiger partial charge is 0.326 e. The summed E-state index contributed by atoms with van der Waals surface area (Å²) in [5.74, 6) is -2.37. The van der Waals surface area contributed by atoms with Gasteiger partial charge in [-0.15, -0.1) is 0 Å². The van der Waals surface area contributed by atoms with Crippen molar-refractivity contribution in [2.75, 3.05) is 0 Å². The molecular weight excluding hydrogens is 358 g/mol. The summed E-state index contributed by atoms with van der Waals surface area (Å²) in [5.41, 5.74) is 1.57. The van der Waals surface area contributed by atoms with Crippen LogP contribution in [0.15, 0.2) is 60.7 Å². The summed E-state index contributed by atoms with van der Waals surface area (Å²) in [6, 6.07) is 17.6. The lowest BCUT2D eigenvalue weighted by Crippen LogP contribution is -2.53. The van der Waals surface area contributed by atoms with Gasteiger partial charge in [0.25, 0.3) is 0 Å². The predicted molar refractivity (Wildman–Crippen MR) is 102 cm³/mol. The highest BCUT2D eigenvalue weighted by Crippen LogP contribution is 2.07. The van der Waals surface area contributed by atoms with Crippen LogP contribution in [-0.4, -0.2) is 35.0 Å². The molecule has 28 heavy (non-hydrogen) atoms. The third-order valence-electron chi connectivity index (χ3n) is 4.07. The van der Waals surface area contributed by atoms with Crippen molar-refractivity contribution in [3.8, 4) is 6.07 Å². The Morgan fingerprint density at radius 3 is 1.82 bits per heavy atom. The highest BCUT2D eigenvalue weighted by atomic mass is 16.4. The minimum absolute atomic E-state index is 0.117. The van der Waals surface area contributed by atoms with Gasteiger partial charge in [-0.1, -0.05) is 60.7 Å². The van der Waals surface area contributed by atoms with E-state index in [2.05, 4.69) is 10.6 Å². The molecule has 0 aliphatic carbocycles. The molecule has 0 spiro atoms. The average molecular weight is 379 g/mol. The Morgan fingerprint density at radius 2 is 1.36 bits per heavy atom. The third kappa shape index (κ3) is 6.57. The fraction of sp³-hybridized carbons (Fsp3) is 0.238. The van der Waals surface area contributed by atoms with Gasteiger partial charge in [-0.2, -0.15) is 5.26 Å². The third-order valence-corrected chi connectivity index (χ3v) is 4.07. The molecule has 2 aromatic carbocycles. The number of nitrogens with zero attached hydrogens (tertiary/aromatic N) is 1. The largest absolute Gasteiger partial charge is 0.480 e. The fourth-order valence-corrected chi connectivity index (χ4v) is 2.70. The number of carbonyl (C=O) groups excluding carboxylic acids is 2. The van der Waals surface area contributed by atoms with Crippen molar-refractivity contribution >= 4 is 17.8 Å². The van der Waals surface area contributed by atoms with E-state index in [1.54, 1.807) is 54.6 Å². The molecule has 7 nitrogen and oxygen atoms in total. The normalized spacial score (nSPS) is 12.2. The lowest BCUT2D eigenvalue weighted by molar-refractivity contribution is -0.142. The van der Waals surface area contributed by atoms with E-state index >= 15 is 0 Å². The van der Waals surface area contributed by atoms with Crippen LogP contribution in [0.25, 0.3) is 0 Å². The molecule has 3 N–H and O–H groups in total. The van der Waals surface area contributed by atoms with E-state index in [-0.39, 0.29) is 19.3 Å². The Balaban J connectivity index is 2.13. The highest BCUT2D eigenvalue weighted by Gasteiger charge is 2.27. The summed E-state index contributed by atoms with van der Waals surface area (Å²) >= 11 is 0. The second-order valence-electron chi connectivity index (χ2n) is 6.23. The molecule has 0 saturated carbocycles. The lowest BCUT2D eigenvalue weighted by atomic mass is 10.0. The first-order valence-corrected chi connectivity index (χ1v) is 8.77. The van der Waals surface area contributed by atoms with E-state index in [1.807, 2.05) is 12.1 Å². The first-order chi connectivity index (χ1) is 13.5. The van der Waals surface area contributed by atoms with Gasteiger partial charge in [0.05, 0.1) is 6.07 Å². The van der Waals surface area contributed by atoms with Crippen molar-refractivity contribution < 1.29 is 19.5 Å². The van der Waals surface area contributed by atoms with Crippen LogP contribution in [-0.2, 0) is 27.2 Å². The van der Waals surface area contributed by atoms with E-state index in [0.29, 0.717) is 0 Å². The van der Waals surface area contributed by atoms with Gasteiger partial charge in [0, 0.05) is 12.8 Å². The Hall–Kier alpha value is -3.66. The predicted octanol–water partition coefficient (Wildman–Crippen LogP) is 1.44. The van der Waals surface area contributed by atoms with Crippen LogP contribution in [0.2, 0.25) is 0 Å². The zero-order valence-electron chi connectivity index (χ0n) is 15.2. The topological polar surface area (TPSA) is 119 Å². The molecule has 0 aromatic heterocycles. The molecule has 2 amide bonds. The van der Waals surface area contributed by atoms with Crippen LogP contribution in [0.1, 0.15) is 17.5 Å². The van der Waals surface area contributed by atoms with Crippen LogP contribution >= 0.6 is 0 Å². The molecule has 0 heterocycles. The molecule has 0 aliphatic heterocycles. The number of carboxylic acid groups (broad SMARTS) is 1. The van der Waals surface area contributed by atoms with Crippen molar-refractivity contribution in [2.45, 2.75) is 31.3 Å². The maximum Gasteiger partial charge on any atom is 0.326 e. The number of nitriles is 1. The van der Waals surface area contributed by atoms with E-state index in [9.17, 15) is 19.5 Å². The SMILES string of the molecule is N#CCC(=O)N[C@@H](Cc1ccccc1)C(=O)N[C@@H](Cc1ccccc1)C(=O)O. The van der Waals surface area contributed by atoms with Crippen LogP contribution < -0.4 is 10.6 Å².